The molecular weight excluding hydrogens is 420 g/mol. The fraction of sp³-hybridized carbons (Fsp3) is 0.158. The van der Waals surface area contributed by atoms with Gasteiger partial charge in [-0.2, -0.15) is 0 Å². The number of nitrogens with one attached hydrogen (secondary N) is 2. The van der Waals surface area contributed by atoms with E-state index in [9.17, 15) is 9.59 Å². The van der Waals surface area contributed by atoms with Gasteiger partial charge in [-0.25, -0.2) is 0 Å². The Kier molecular flexibility index (Phi) is 7.69. The van der Waals surface area contributed by atoms with Gasteiger partial charge in [0.15, 0.2) is 6.61 Å². The summed E-state index contributed by atoms with van der Waals surface area (Å²) < 4.78 is 6.21. The van der Waals surface area contributed by atoms with E-state index in [1.54, 1.807) is 36.4 Å². The Bertz CT molecular complexity index is 807. The fourth-order valence-corrected chi connectivity index (χ4v) is 2.65. The lowest BCUT2D eigenvalue weighted by Crippen LogP contribution is -2.43. The van der Waals surface area contributed by atoms with Gasteiger partial charge < -0.3 is 4.74 Å². The van der Waals surface area contributed by atoms with Gasteiger partial charge in [0.2, 0.25) is 0 Å². The maximum Gasteiger partial charge on any atom is 0.276 e. The fourth-order valence-electron chi connectivity index (χ4n) is 1.98. The van der Waals surface area contributed by atoms with Crippen LogP contribution in [-0.4, -0.2) is 18.4 Å². The van der Waals surface area contributed by atoms with Crippen molar-refractivity contribution in [3.63, 3.8) is 0 Å². The van der Waals surface area contributed by atoms with E-state index < -0.39 is 11.8 Å². The number of aryl methyl sites for hydroxylation is 1. The van der Waals surface area contributed by atoms with E-state index in [2.05, 4.69) is 33.7 Å². The first-order valence-corrected chi connectivity index (χ1v) is 9.08. The van der Waals surface area contributed by atoms with Gasteiger partial charge in [-0.1, -0.05) is 36.7 Å². The molecule has 2 aromatic carbocycles. The molecule has 0 saturated heterocycles. The second-order valence-corrected chi connectivity index (χ2v) is 6.62. The average Bonchev–Trinajstić information content (AvgIpc) is 2.64. The zero-order valence-electron chi connectivity index (χ0n) is 14.1. The monoisotopic (exact) mass is 436 g/mol. The molecule has 0 atom stereocenters. The Morgan fingerprint density at radius 3 is 2.54 bits per heavy atom. The first-order chi connectivity index (χ1) is 12.5. The van der Waals surface area contributed by atoms with E-state index in [1.165, 1.54) is 6.08 Å². The molecule has 2 amide bonds. The molecule has 5 nitrogen and oxygen atoms in total. The Morgan fingerprint density at radius 2 is 1.88 bits per heavy atom. The molecule has 0 heterocycles. The van der Waals surface area contributed by atoms with Crippen LogP contribution >= 0.6 is 27.5 Å². The maximum atomic E-state index is 11.8. The van der Waals surface area contributed by atoms with Crippen LogP contribution in [0.25, 0.3) is 6.08 Å². The number of rotatable bonds is 6. The van der Waals surface area contributed by atoms with Gasteiger partial charge in [-0.05, 0) is 63.8 Å². The van der Waals surface area contributed by atoms with E-state index in [1.807, 2.05) is 12.1 Å². The second kappa shape index (κ2) is 9.99. The zero-order valence-corrected chi connectivity index (χ0v) is 16.4. The summed E-state index contributed by atoms with van der Waals surface area (Å²) in [7, 11) is 0. The molecule has 0 unspecified atom stereocenters. The Morgan fingerprint density at radius 1 is 1.15 bits per heavy atom. The topological polar surface area (TPSA) is 67.4 Å². The quantitative estimate of drug-likeness (QED) is 0.532. The average molecular weight is 438 g/mol. The molecule has 0 saturated carbocycles. The molecule has 0 bridgehead atoms. The van der Waals surface area contributed by atoms with Crippen molar-refractivity contribution in [2.45, 2.75) is 13.3 Å². The first kappa shape index (κ1) is 20.0. The van der Waals surface area contributed by atoms with Crippen LogP contribution in [0.2, 0.25) is 5.02 Å². The Balaban J connectivity index is 1.76. The molecule has 2 aromatic rings. The van der Waals surface area contributed by atoms with Gasteiger partial charge in [0.05, 0.1) is 4.47 Å². The van der Waals surface area contributed by atoms with Crippen LogP contribution in [0.4, 0.5) is 0 Å². The first-order valence-electron chi connectivity index (χ1n) is 7.91. The minimum Gasteiger partial charge on any atom is -0.483 e. The van der Waals surface area contributed by atoms with Crippen LogP contribution in [0.3, 0.4) is 0 Å². The van der Waals surface area contributed by atoms with E-state index >= 15 is 0 Å². The van der Waals surface area contributed by atoms with Gasteiger partial charge in [0, 0.05) is 11.1 Å². The number of hydrazine groups is 1. The summed E-state index contributed by atoms with van der Waals surface area (Å²) in [5.74, 6) is -0.363. The third kappa shape index (κ3) is 6.54. The summed E-state index contributed by atoms with van der Waals surface area (Å²) in [4.78, 5) is 23.5. The highest BCUT2D eigenvalue weighted by atomic mass is 79.9. The molecule has 2 N–H and O–H groups in total. The number of amides is 2. The smallest absolute Gasteiger partial charge is 0.276 e. The number of ether oxygens (including phenoxy) is 1. The Labute approximate surface area is 165 Å². The van der Waals surface area contributed by atoms with E-state index in [0.717, 1.165) is 22.0 Å². The molecule has 0 aliphatic heterocycles. The normalized spacial score (nSPS) is 10.6. The number of carbonyl (C=O) groups excluding carboxylic acids is 2. The van der Waals surface area contributed by atoms with Crippen molar-refractivity contribution in [1.29, 1.82) is 0 Å². The van der Waals surface area contributed by atoms with Gasteiger partial charge in [-0.15, -0.1) is 0 Å². The van der Waals surface area contributed by atoms with Crippen LogP contribution in [-0.2, 0) is 16.0 Å². The van der Waals surface area contributed by atoms with Crippen molar-refractivity contribution < 1.29 is 14.3 Å². The molecule has 0 radical (unpaired) electrons. The third-order valence-corrected chi connectivity index (χ3v) is 4.26. The molecule has 0 spiro atoms. The number of hydrogen-bond donors (Lipinski definition) is 2. The largest absolute Gasteiger partial charge is 0.483 e. The molecule has 26 heavy (non-hydrogen) atoms. The second-order valence-electron chi connectivity index (χ2n) is 5.33. The SMILES string of the molecule is CCc1ccc(OCC(=O)NNC(=O)/C=C/c2ccc(Cl)cc2)c(Br)c1. The van der Waals surface area contributed by atoms with Crippen LogP contribution in [0.15, 0.2) is 53.0 Å². The molecule has 136 valence electrons. The molecule has 7 heteroatoms. The van der Waals surface area contributed by atoms with Crippen LogP contribution in [0.1, 0.15) is 18.1 Å². The van der Waals surface area contributed by atoms with Crippen LogP contribution < -0.4 is 15.6 Å². The van der Waals surface area contributed by atoms with Crippen LogP contribution in [0, 0.1) is 0 Å². The summed E-state index contributed by atoms with van der Waals surface area (Å²) in [5.41, 5.74) is 6.56. The molecular formula is C19H18BrClN2O3. The molecule has 2 rings (SSSR count). The standard InChI is InChI=1S/C19H18BrClN2O3/c1-2-13-5-9-17(16(20)11-13)26-12-19(25)23-22-18(24)10-6-14-3-7-15(21)8-4-14/h3-11H,2,12H2,1H3,(H,22,24)(H,23,25)/b10-6+. The number of halogens is 2. The van der Waals surface area contributed by atoms with Crippen molar-refractivity contribution in [3.05, 3.63) is 69.2 Å². The highest BCUT2D eigenvalue weighted by Crippen LogP contribution is 2.26. The lowest BCUT2D eigenvalue weighted by molar-refractivity contribution is -0.128. The van der Waals surface area contributed by atoms with Crippen molar-refractivity contribution in [3.8, 4) is 5.75 Å². The van der Waals surface area contributed by atoms with Gasteiger partial charge in [0.1, 0.15) is 5.75 Å². The molecule has 0 aromatic heterocycles. The number of hydrogen-bond acceptors (Lipinski definition) is 3. The van der Waals surface area contributed by atoms with Crippen molar-refractivity contribution in [2.24, 2.45) is 0 Å². The predicted molar refractivity (Wildman–Crippen MR) is 106 cm³/mol. The third-order valence-electron chi connectivity index (χ3n) is 3.39. The summed E-state index contributed by atoms with van der Waals surface area (Å²) in [6, 6.07) is 12.7. The summed E-state index contributed by atoms with van der Waals surface area (Å²) >= 11 is 9.20. The minimum absolute atomic E-state index is 0.217. The number of benzene rings is 2. The summed E-state index contributed by atoms with van der Waals surface area (Å²) in [6.45, 7) is 1.84. The van der Waals surface area contributed by atoms with E-state index in [4.69, 9.17) is 16.3 Å². The van der Waals surface area contributed by atoms with Crippen molar-refractivity contribution in [2.75, 3.05) is 6.61 Å². The van der Waals surface area contributed by atoms with Gasteiger partial charge in [0.25, 0.3) is 11.8 Å². The zero-order chi connectivity index (χ0) is 18.9. The molecule has 0 fully saturated rings. The Hall–Kier alpha value is -2.31. The predicted octanol–water partition coefficient (Wildman–Crippen LogP) is 3.90. The molecule has 0 aliphatic rings. The highest BCUT2D eigenvalue weighted by molar-refractivity contribution is 9.10. The lowest BCUT2D eigenvalue weighted by Gasteiger charge is -2.10. The minimum atomic E-state index is -0.468. The summed E-state index contributed by atoms with van der Waals surface area (Å²) in [6.07, 6.45) is 3.83. The van der Waals surface area contributed by atoms with Crippen LogP contribution in [0.5, 0.6) is 5.75 Å². The summed E-state index contributed by atoms with van der Waals surface area (Å²) in [5, 5.41) is 0.620. The van der Waals surface area contributed by atoms with E-state index in [-0.39, 0.29) is 6.61 Å². The molecule has 0 aliphatic carbocycles. The highest BCUT2D eigenvalue weighted by Gasteiger charge is 2.07. The van der Waals surface area contributed by atoms with E-state index in [0.29, 0.717) is 10.8 Å². The van der Waals surface area contributed by atoms with Crippen molar-refractivity contribution >= 4 is 45.4 Å². The number of carbonyl (C=O) groups is 2. The van der Waals surface area contributed by atoms with Gasteiger partial charge in [-0.3, -0.25) is 20.4 Å². The van der Waals surface area contributed by atoms with Crippen molar-refractivity contribution in [1.82, 2.24) is 10.9 Å². The lowest BCUT2D eigenvalue weighted by atomic mass is 10.2. The maximum absolute atomic E-state index is 11.8. The van der Waals surface area contributed by atoms with Gasteiger partial charge >= 0.3 is 0 Å².